The third-order valence-corrected chi connectivity index (χ3v) is 4.47. The van der Waals surface area contributed by atoms with Gasteiger partial charge in [-0.1, -0.05) is 18.2 Å². The number of ether oxygens (including phenoxy) is 3. The fourth-order valence-corrected chi connectivity index (χ4v) is 3.43. The van der Waals surface area contributed by atoms with E-state index >= 15 is 0 Å². The molecule has 4 heteroatoms. The lowest BCUT2D eigenvalue weighted by atomic mass is 10.0. The Morgan fingerprint density at radius 1 is 1.25 bits per heavy atom. The molecule has 20 heavy (non-hydrogen) atoms. The fraction of sp³-hybridized carbons (Fsp3) is 0.625. The fourth-order valence-electron chi connectivity index (χ4n) is 3.43. The molecule has 0 radical (unpaired) electrons. The highest BCUT2D eigenvalue weighted by Crippen LogP contribution is 2.40. The predicted octanol–water partition coefficient (Wildman–Crippen LogP) is 2.17. The van der Waals surface area contributed by atoms with Gasteiger partial charge in [-0.25, -0.2) is 0 Å². The van der Waals surface area contributed by atoms with Gasteiger partial charge in [0.05, 0.1) is 19.8 Å². The highest BCUT2D eigenvalue weighted by molar-refractivity contribution is 5.35. The molecule has 0 aromatic heterocycles. The molecule has 0 bridgehead atoms. The second-order valence-corrected chi connectivity index (χ2v) is 5.70. The molecule has 1 saturated carbocycles. The molecule has 2 fully saturated rings. The monoisotopic (exact) mass is 278 g/mol. The highest BCUT2D eigenvalue weighted by atomic mass is 16.5. The van der Waals surface area contributed by atoms with Crippen LogP contribution in [0.4, 0.5) is 0 Å². The van der Waals surface area contributed by atoms with Gasteiger partial charge in [-0.3, -0.25) is 0 Å². The van der Waals surface area contributed by atoms with Crippen LogP contribution in [-0.4, -0.2) is 38.1 Å². The molecule has 0 amide bonds. The standard InChI is InChI=1S/C16H22O4/c1-18-15-5-3-2-4-14(15)16(8-17)20-13-6-11-9-19-10-12(11)7-13/h2-5,11-13,16-17H,6-10H2,1H3/t11-,12+,13+,16-/m0/s1. The number of benzene rings is 1. The van der Waals surface area contributed by atoms with E-state index in [2.05, 4.69) is 0 Å². The molecule has 2 aliphatic rings. The summed E-state index contributed by atoms with van der Waals surface area (Å²) in [5.41, 5.74) is 0.922. The molecule has 1 aromatic rings. The van der Waals surface area contributed by atoms with Crippen molar-refractivity contribution in [1.29, 1.82) is 0 Å². The highest BCUT2D eigenvalue weighted by Gasteiger charge is 2.39. The molecule has 4 atom stereocenters. The zero-order chi connectivity index (χ0) is 13.9. The number of hydrogen-bond acceptors (Lipinski definition) is 4. The van der Waals surface area contributed by atoms with Crippen molar-refractivity contribution in [3.63, 3.8) is 0 Å². The van der Waals surface area contributed by atoms with Gasteiger partial charge in [0.15, 0.2) is 0 Å². The largest absolute Gasteiger partial charge is 0.496 e. The number of para-hydroxylation sites is 1. The van der Waals surface area contributed by atoms with E-state index in [0.29, 0.717) is 11.8 Å². The van der Waals surface area contributed by atoms with Gasteiger partial charge in [-0.2, -0.15) is 0 Å². The van der Waals surface area contributed by atoms with Crippen molar-refractivity contribution in [3.8, 4) is 5.75 Å². The molecule has 0 spiro atoms. The van der Waals surface area contributed by atoms with Gasteiger partial charge < -0.3 is 19.3 Å². The summed E-state index contributed by atoms with van der Waals surface area (Å²) >= 11 is 0. The molecule has 0 unspecified atom stereocenters. The van der Waals surface area contributed by atoms with E-state index in [-0.39, 0.29) is 18.8 Å². The molecule has 1 aliphatic heterocycles. The second kappa shape index (κ2) is 6.12. The van der Waals surface area contributed by atoms with Crippen molar-refractivity contribution in [1.82, 2.24) is 0 Å². The number of rotatable bonds is 5. The first-order valence-corrected chi connectivity index (χ1v) is 7.28. The third kappa shape index (κ3) is 2.68. The van der Waals surface area contributed by atoms with E-state index in [4.69, 9.17) is 14.2 Å². The first-order chi connectivity index (χ1) is 9.81. The number of aliphatic hydroxyl groups is 1. The topological polar surface area (TPSA) is 47.9 Å². The van der Waals surface area contributed by atoms with Crippen LogP contribution in [0.15, 0.2) is 24.3 Å². The third-order valence-electron chi connectivity index (χ3n) is 4.47. The summed E-state index contributed by atoms with van der Waals surface area (Å²) in [4.78, 5) is 0. The Kier molecular flexibility index (Phi) is 4.24. The Labute approximate surface area is 119 Å². The van der Waals surface area contributed by atoms with Crippen molar-refractivity contribution < 1.29 is 19.3 Å². The molecule has 1 aliphatic carbocycles. The van der Waals surface area contributed by atoms with Crippen molar-refractivity contribution in [2.24, 2.45) is 11.8 Å². The zero-order valence-electron chi connectivity index (χ0n) is 11.8. The second-order valence-electron chi connectivity index (χ2n) is 5.70. The summed E-state index contributed by atoms with van der Waals surface area (Å²) in [5.74, 6) is 2.04. The Balaban J connectivity index is 1.68. The Bertz CT molecular complexity index is 436. The van der Waals surface area contributed by atoms with Gasteiger partial charge in [-0.15, -0.1) is 0 Å². The van der Waals surface area contributed by atoms with Gasteiger partial charge >= 0.3 is 0 Å². The molecular formula is C16H22O4. The van der Waals surface area contributed by atoms with E-state index in [1.165, 1.54) is 0 Å². The van der Waals surface area contributed by atoms with Crippen LogP contribution in [0.2, 0.25) is 0 Å². The first kappa shape index (κ1) is 13.9. The summed E-state index contributed by atoms with van der Waals surface area (Å²) in [6, 6.07) is 7.73. The normalized spacial score (nSPS) is 30.2. The van der Waals surface area contributed by atoms with E-state index in [1.807, 2.05) is 24.3 Å². The van der Waals surface area contributed by atoms with Crippen LogP contribution in [0.3, 0.4) is 0 Å². The van der Waals surface area contributed by atoms with Gasteiger partial charge in [-0.05, 0) is 30.7 Å². The molecule has 4 nitrogen and oxygen atoms in total. The average Bonchev–Trinajstić information content (AvgIpc) is 3.05. The maximum atomic E-state index is 9.66. The maximum absolute atomic E-state index is 9.66. The Morgan fingerprint density at radius 2 is 1.95 bits per heavy atom. The summed E-state index contributed by atoms with van der Waals surface area (Å²) in [6.07, 6.45) is 1.99. The molecule has 110 valence electrons. The van der Waals surface area contributed by atoms with E-state index in [1.54, 1.807) is 7.11 Å². The molecule has 1 heterocycles. The van der Waals surface area contributed by atoms with Gasteiger partial charge in [0.2, 0.25) is 0 Å². The van der Waals surface area contributed by atoms with Crippen molar-refractivity contribution >= 4 is 0 Å². The summed E-state index contributed by atoms with van der Waals surface area (Å²) in [6.45, 7) is 1.70. The molecular weight excluding hydrogens is 256 g/mol. The lowest BCUT2D eigenvalue weighted by molar-refractivity contribution is -0.0450. The van der Waals surface area contributed by atoms with Crippen LogP contribution in [0.1, 0.15) is 24.5 Å². The maximum Gasteiger partial charge on any atom is 0.124 e. The van der Waals surface area contributed by atoms with Crippen LogP contribution < -0.4 is 4.74 Å². The van der Waals surface area contributed by atoms with E-state index < -0.39 is 0 Å². The minimum atomic E-state index is -0.309. The summed E-state index contributed by atoms with van der Waals surface area (Å²) < 4.78 is 17.0. The van der Waals surface area contributed by atoms with Crippen molar-refractivity contribution in [3.05, 3.63) is 29.8 Å². The van der Waals surface area contributed by atoms with Crippen LogP contribution in [-0.2, 0) is 9.47 Å². The summed E-state index contributed by atoms with van der Waals surface area (Å²) in [7, 11) is 1.64. The van der Waals surface area contributed by atoms with Crippen LogP contribution in [0.25, 0.3) is 0 Å². The number of hydrogen-bond donors (Lipinski definition) is 1. The molecule has 1 saturated heterocycles. The Hall–Kier alpha value is -1.10. The smallest absolute Gasteiger partial charge is 0.124 e. The van der Waals surface area contributed by atoms with Crippen LogP contribution in [0, 0.1) is 11.8 Å². The van der Waals surface area contributed by atoms with E-state index in [9.17, 15) is 5.11 Å². The van der Waals surface area contributed by atoms with Gasteiger partial charge in [0.25, 0.3) is 0 Å². The van der Waals surface area contributed by atoms with Crippen molar-refractivity contribution in [2.45, 2.75) is 25.0 Å². The summed E-state index contributed by atoms with van der Waals surface area (Å²) in [5, 5.41) is 9.66. The first-order valence-electron chi connectivity index (χ1n) is 7.28. The van der Waals surface area contributed by atoms with Crippen LogP contribution >= 0.6 is 0 Å². The zero-order valence-corrected chi connectivity index (χ0v) is 11.8. The quantitative estimate of drug-likeness (QED) is 0.896. The van der Waals surface area contributed by atoms with Crippen LogP contribution in [0.5, 0.6) is 5.75 Å². The minimum Gasteiger partial charge on any atom is -0.496 e. The predicted molar refractivity (Wildman–Crippen MR) is 74.7 cm³/mol. The number of fused-ring (bicyclic) bond motifs is 1. The van der Waals surface area contributed by atoms with Gasteiger partial charge in [0.1, 0.15) is 11.9 Å². The lowest BCUT2D eigenvalue weighted by Crippen LogP contribution is -2.18. The molecule has 3 rings (SSSR count). The van der Waals surface area contributed by atoms with E-state index in [0.717, 1.165) is 37.4 Å². The lowest BCUT2D eigenvalue weighted by Gasteiger charge is -2.23. The Morgan fingerprint density at radius 3 is 2.60 bits per heavy atom. The number of methoxy groups -OCH3 is 1. The number of aliphatic hydroxyl groups excluding tert-OH is 1. The molecule has 1 aromatic carbocycles. The van der Waals surface area contributed by atoms with Crippen molar-refractivity contribution in [2.75, 3.05) is 26.9 Å². The SMILES string of the molecule is COc1ccccc1[C@H](CO)O[C@@H]1C[C@H]2COC[C@H]2C1. The average molecular weight is 278 g/mol. The van der Waals surface area contributed by atoms with Gasteiger partial charge in [0, 0.05) is 18.8 Å². The minimum absolute atomic E-state index is 0.0251. The molecule has 1 N–H and O–H groups in total.